The average Bonchev–Trinajstić information content (AvgIpc) is 2.52. The number of carbonyl (C=O) groups is 3. The zero-order valence-corrected chi connectivity index (χ0v) is 17.3. The van der Waals surface area contributed by atoms with Crippen molar-refractivity contribution in [2.75, 3.05) is 0 Å². The van der Waals surface area contributed by atoms with Crippen LogP contribution in [0.5, 0.6) is 0 Å². The highest BCUT2D eigenvalue weighted by Gasteiger charge is 2.26. The minimum atomic E-state index is -0.832. The predicted octanol–water partition coefficient (Wildman–Crippen LogP) is 2.05. The largest absolute Gasteiger partial charge is 0.368 e. The van der Waals surface area contributed by atoms with E-state index in [1.54, 1.807) is 0 Å². The molecule has 4 N–H and O–H groups in total. The lowest BCUT2D eigenvalue weighted by atomic mass is 9.86. The Labute approximate surface area is 162 Å². The summed E-state index contributed by atoms with van der Waals surface area (Å²) in [6.07, 6.45) is 0.789. The average molecular weight is 376 g/mol. The summed E-state index contributed by atoms with van der Waals surface area (Å²) in [6.45, 7) is 11.7. The first-order valence-electron chi connectivity index (χ1n) is 9.36. The van der Waals surface area contributed by atoms with E-state index in [9.17, 15) is 14.4 Å². The van der Waals surface area contributed by atoms with Crippen molar-refractivity contribution >= 4 is 17.7 Å². The molecule has 0 bridgehead atoms. The predicted molar refractivity (Wildman–Crippen MR) is 107 cm³/mol. The summed E-state index contributed by atoms with van der Waals surface area (Å²) < 4.78 is 0. The van der Waals surface area contributed by atoms with Crippen LogP contribution in [-0.2, 0) is 26.2 Å². The molecule has 0 aliphatic rings. The van der Waals surface area contributed by atoms with Crippen LogP contribution in [0, 0.1) is 5.92 Å². The van der Waals surface area contributed by atoms with Crippen LogP contribution in [0.3, 0.4) is 0 Å². The molecule has 0 aliphatic heterocycles. The molecule has 0 fully saturated rings. The van der Waals surface area contributed by atoms with Crippen LogP contribution in [0.25, 0.3) is 0 Å². The zero-order valence-electron chi connectivity index (χ0n) is 17.3. The smallest absolute Gasteiger partial charge is 0.243 e. The molecule has 1 rings (SSSR count). The first-order chi connectivity index (χ1) is 12.4. The van der Waals surface area contributed by atoms with Crippen LogP contribution in [0.15, 0.2) is 24.3 Å². The molecular formula is C21H33N3O3. The van der Waals surface area contributed by atoms with Gasteiger partial charge in [0, 0.05) is 13.3 Å². The van der Waals surface area contributed by atoms with Gasteiger partial charge < -0.3 is 16.4 Å². The number of amides is 3. The van der Waals surface area contributed by atoms with E-state index in [-0.39, 0.29) is 17.2 Å². The highest BCUT2D eigenvalue weighted by Crippen LogP contribution is 2.22. The first-order valence-corrected chi connectivity index (χ1v) is 9.36. The molecule has 0 saturated heterocycles. The molecule has 3 amide bonds. The topological polar surface area (TPSA) is 101 Å². The van der Waals surface area contributed by atoms with Gasteiger partial charge >= 0.3 is 0 Å². The van der Waals surface area contributed by atoms with Crippen molar-refractivity contribution in [3.05, 3.63) is 35.4 Å². The SMILES string of the molecule is CC(=O)N[C@@H](CC(C)C)C(=O)N[C@H](Cc1ccc(C(C)(C)C)cc1)C(N)=O. The molecule has 0 unspecified atom stereocenters. The van der Waals surface area contributed by atoms with Crippen LogP contribution in [0.4, 0.5) is 0 Å². The van der Waals surface area contributed by atoms with Gasteiger partial charge in [-0.25, -0.2) is 0 Å². The van der Waals surface area contributed by atoms with E-state index in [4.69, 9.17) is 5.73 Å². The molecule has 1 aromatic carbocycles. The number of nitrogens with one attached hydrogen (secondary N) is 2. The number of rotatable bonds is 8. The summed E-state index contributed by atoms with van der Waals surface area (Å²) in [6, 6.07) is 6.42. The highest BCUT2D eigenvalue weighted by atomic mass is 16.2. The molecule has 27 heavy (non-hydrogen) atoms. The molecule has 150 valence electrons. The van der Waals surface area contributed by atoms with Crippen molar-refractivity contribution in [3.63, 3.8) is 0 Å². The Hall–Kier alpha value is -2.37. The number of hydrogen-bond acceptors (Lipinski definition) is 3. The summed E-state index contributed by atoms with van der Waals surface area (Å²) in [4.78, 5) is 35.8. The molecule has 1 aromatic rings. The third-order valence-corrected chi connectivity index (χ3v) is 4.32. The summed E-state index contributed by atoms with van der Waals surface area (Å²) in [5.41, 5.74) is 7.63. The summed E-state index contributed by atoms with van der Waals surface area (Å²) >= 11 is 0. The van der Waals surface area contributed by atoms with E-state index in [0.29, 0.717) is 12.8 Å². The standard InChI is InChI=1S/C21H33N3O3/c1-13(2)11-18(23-14(3)25)20(27)24-17(19(22)26)12-15-7-9-16(10-8-15)21(4,5)6/h7-10,13,17-18H,11-12H2,1-6H3,(H2,22,26)(H,23,25)(H,24,27)/t17-,18+/m1/s1. The molecule has 0 radical (unpaired) electrons. The van der Waals surface area contributed by atoms with Gasteiger partial charge in [0.05, 0.1) is 0 Å². The number of nitrogens with two attached hydrogens (primary N) is 1. The Kier molecular flexibility index (Phi) is 8.00. The Balaban J connectivity index is 2.87. The van der Waals surface area contributed by atoms with Gasteiger partial charge in [-0.2, -0.15) is 0 Å². The Morgan fingerprint density at radius 3 is 1.96 bits per heavy atom. The van der Waals surface area contributed by atoms with Crippen molar-refractivity contribution in [1.29, 1.82) is 0 Å². The molecule has 0 aromatic heterocycles. The van der Waals surface area contributed by atoms with Crippen LogP contribution >= 0.6 is 0 Å². The summed E-state index contributed by atoms with van der Waals surface area (Å²) in [5, 5.41) is 5.33. The fraction of sp³-hybridized carbons (Fsp3) is 0.571. The second-order valence-electron chi connectivity index (χ2n) is 8.50. The van der Waals surface area contributed by atoms with Gasteiger partial charge in [0.25, 0.3) is 0 Å². The minimum absolute atomic E-state index is 0.0399. The maximum atomic E-state index is 12.6. The van der Waals surface area contributed by atoms with E-state index in [1.807, 2.05) is 38.1 Å². The molecular weight excluding hydrogens is 342 g/mol. The van der Waals surface area contributed by atoms with Crippen LogP contribution in [-0.4, -0.2) is 29.8 Å². The Morgan fingerprint density at radius 2 is 1.56 bits per heavy atom. The van der Waals surface area contributed by atoms with E-state index in [0.717, 1.165) is 5.56 Å². The molecule has 6 nitrogen and oxygen atoms in total. The van der Waals surface area contributed by atoms with Crippen molar-refractivity contribution in [2.24, 2.45) is 11.7 Å². The Bertz CT molecular complexity index is 660. The maximum absolute atomic E-state index is 12.6. The lowest BCUT2D eigenvalue weighted by molar-refractivity contribution is -0.131. The van der Waals surface area contributed by atoms with E-state index in [1.165, 1.54) is 12.5 Å². The van der Waals surface area contributed by atoms with E-state index >= 15 is 0 Å². The number of hydrogen-bond donors (Lipinski definition) is 3. The molecule has 6 heteroatoms. The number of carbonyl (C=O) groups excluding carboxylic acids is 3. The minimum Gasteiger partial charge on any atom is -0.368 e. The maximum Gasteiger partial charge on any atom is 0.243 e. The molecule has 0 saturated carbocycles. The van der Waals surface area contributed by atoms with Crippen molar-refractivity contribution in [1.82, 2.24) is 10.6 Å². The molecule has 0 aliphatic carbocycles. The van der Waals surface area contributed by atoms with Crippen LogP contribution < -0.4 is 16.4 Å². The van der Waals surface area contributed by atoms with Crippen LogP contribution in [0.2, 0.25) is 0 Å². The fourth-order valence-corrected chi connectivity index (χ4v) is 2.82. The molecule has 0 heterocycles. The van der Waals surface area contributed by atoms with Crippen molar-refractivity contribution in [2.45, 2.75) is 71.9 Å². The van der Waals surface area contributed by atoms with E-state index < -0.39 is 23.9 Å². The van der Waals surface area contributed by atoms with Crippen molar-refractivity contribution in [3.8, 4) is 0 Å². The van der Waals surface area contributed by atoms with Crippen LogP contribution in [0.1, 0.15) is 59.1 Å². The monoisotopic (exact) mass is 375 g/mol. The molecule has 0 spiro atoms. The van der Waals surface area contributed by atoms with Gasteiger partial charge in [0.1, 0.15) is 12.1 Å². The number of primary amides is 1. The third kappa shape index (κ3) is 7.81. The summed E-state index contributed by atoms with van der Waals surface area (Å²) in [7, 11) is 0. The van der Waals surface area contributed by atoms with Gasteiger partial charge in [0.15, 0.2) is 0 Å². The fourth-order valence-electron chi connectivity index (χ4n) is 2.82. The lowest BCUT2D eigenvalue weighted by Crippen LogP contribution is -2.53. The summed E-state index contributed by atoms with van der Waals surface area (Å²) in [5.74, 6) is -1.07. The van der Waals surface area contributed by atoms with Gasteiger partial charge in [-0.05, 0) is 28.9 Å². The van der Waals surface area contributed by atoms with Gasteiger partial charge in [-0.3, -0.25) is 14.4 Å². The second kappa shape index (κ2) is 9.53. The Morgan fingerprint density at radius 1 is 1.00 bits per heavy atom. The number of benzene rings is 1. The van der Waals surface area contributed by atoms with Crippen molar-refractivity contribution < 1.29 is 14.4 Å². The highest BCUT2D eigenvalue weighted by molar-refractivity contribution is 5.91. The normalized spacial score (nSPS) is 13.7. The quantitative estimate of drug-likeness (QED) is 0.648. The lowest BCUT2D eigenvalue weighted by Gasteiger charge is -2.23. The second-order valence-corrected chi connectivity index (χ2v) is 8.50. The zero-order chi connectivity index (χ0) is 20.8. The van der Waals surface area contributed by atoms with E-state index in [2.05, 4.69) is 31.4 Å². The molecule has 2 atom stereocenters. The first kappa shape index (κ1) is 22.7. The van der Waals surface area contributed by atoms with Gasteiger partial charge in [0.2, 0.25) is 17.7 Å². The van der Waals surface area contributed by atoms with Gasteiger partial charge in [-0.1, -0.05) is 58.9 Å². The third-order valence-electron chi connectivity index (χ3n) is 4.32. The van der Waals surface area contributed by atoms with Gasteiger partial charge in [-0.15, -0.1) is 0 Å².